The van der Waals surface area contributed by atoms with Gasteiger partial charge in [-0.2, -0.15) is 0 Å². The van der Waals surface area contributed by atoms with E-state index in [1.165, 1.54) is 19.3 Å². The fourth-order valence-corrected chi connectivity index (χ4v) is 5.85. The Hall–Kier alpha value is -1.62. The van der Waals surface area contributed by atoms with Crippen molar-refractivity contribution in [1.82, 2.24) is 0 Å². The molecule has 4 rings (SSSR count). The maximum absolute atomic E-state index is 15.1. The molecule has 0 aromatic heterocycles. The van der Waals surface area contributed by atoms with Crippen molar-refractivity contribution >= 4 is 12.1 Å². The molecule has 3 unspecified atom stereocenters. The molecule has 5 heteroatoms. The molecule has 0 spiro atoms. The van der Waals surface area contributed by atoms with Crippen LogP contribution in [0.1, 0.15) is 95.1 Å². The number of benzene rings is 1. The second kappa shape index (κ2) is 11.0. The van der Waals surface area contributed by atoms with Gasteiger partial charge in [0.2, 0.25) is 0 Å². The summed E-state index contributed by atoms with van der Waals surface area (Å²) in [5.41, 5.74) is 0.699. The molecule has 2 fully saturated rings. The Bertz CT molecular complexity index is 821. The van der Waals surface area contributed by atoms with Crippen LogP contribution in [0.25, 0.3) is 0 Å². The van der Waals surface area contributed by atoms with Gasteiger partial charge in [0, 0.05) is 25.3 Å². The molecule has 1 aromatic rings. The summed E-state index contributed by atoms with van der Waals surface area (Å²) in [6.07, 6.45) is 13.1. The zero-order valence-corrected chi connectivity index (χ0v) is 19.7. The first-order chi connectivity index (χ1) is 15.6. The molecule has 0 N–H and O–H groups in total. The van der Waals surface area contributed by atoms with Crippen molar-refractivity contribution in [3.63, 3.8) is 0 Å². The predicted octanol–water partition coefficient (Wildman–Crippen LogP) is 7.08. The molecule has 1 saturated heterocycles. The SMILES string of the molecule is CCCC1C=NC(c2ccc(C3CCC(C4CCC(CCC)CO4)CC3)c(F)c2F)=NC1. The Morgan fingerprint density at radius 1 is 0.938 bits per heavy atom. The van der Waals surface area contributed by atoms with Gasteiger partial charge in [0.25, 0.3) is 0 Å². The Balaban J connectivity index is 1.35. The third kappa shape index (κ3) is 5.30. The molecular weight excluding hydrogens is 406 g/mol. The first-order valence-corrected chi connectivity index (χ1v) is 12.8. The van der Waals surface area contributed by atoms with E-state index in [2.05, 4.69) is 23.8 Å². The van der Waals surface area contributed by atoms with Crippen molar-refractivity contribution in [1.29, 1.82) is 0 Å². The average Bonchev–Trinajstić information content (AvgIpc) is 2.83. The number of rotatable bonds is 7. The van der Waals surface area contributed by atoms with Gasteiger partial charge < -0.3 is 4.74 Å². The van der Waals surface area contributed by atoms with Gasteiger partial charge in [-0.3, -0.25) is 4.99 Å². The van der Waals surface area contributed by atoms with E-state index in [0.717, 1.165) is 57.5 Å². The highest BCUT2D eigenvalue weighted by molar-refractivity contribution is 6.04. The number of hydrogen-bond donors (Lipinski definition) is 0. The molecule has 2 aliphatic heterocycles. The lowest BCUT2D eigenvalue weighted by Gasteiger charge is -2.38. The summed E-state index contributed by atoms with van der Waals surface area (Å²) >= 11 is 0. The molecule has 32 heavy (non-hydrogen) atoms. The summed E-state index contributed by atoms with van der Waals surface area (Å²) in [5, 5.41) is 0. The van der Waals surface area contributed by atoms with Gasteiger partial charge in [-0.15, -0.1) is 0 Å². The highest BCUT2D eigenvalue weighted by Crippen LogP contribution is 2.41. The maximum atomic E-state index is 15.1. The maximum Gasteiger partial charge on any atom is 0.170 e. The largest absolute Gasteiger partial charge is 0.378 e. The monoisotopic (exact) mass is 444 g/mol. The van der Waals surface area contributed by atoms with Crippen LogP contribution < -0.4 is 0 Å². The number of nitrogens with zero attached hydrogens (tertiary/aromatic N) is 2. The van der Waals surface area contributed by atoms with Crippen LogP contribution in [0.3, 0.4) is 0 Å². The number of hydrogen-bond acceptors (Lipinski definition) is 3. The van der Waals surface area contributed by atoms with E-state index in [1.807, 2.05) is 6.21 Å². The highest BCUT2D eigenvalue weighted by Gasteiger charge is 2.33. The van der Waals surface area contributed by atoms with E-state index in [0.29, 0.717) is 35.9 Å². The van der Waals surface area contributed by atoms with Crippen molar-refractivity contribution in [2.75, 3.05) is 13.2 Å². The van der Waals surface area contributed by atoms with Gasteiger partial charge in [-0.25, -0.2) is 13.8 Å². The lowest BCUT2D eigenvalue weighted by molar-refractivity contribution is -0.0576. The van der Waals surface area contributed by atoms with Crippen LogP contribution in [0.5, 0.6) is 0 Å². The molecule has 1 saturated carbocycles. The molecule has 3 aliphatic rings. The summed E-state index contributed by atoms with van der Waals surface area (Å²) in [7, 11) is 0. The molecule has 1 aromatic carbocycles. The molecule has 3 nitrogen and oxygen atoms in total. The second-order valence-corrected chi connectivity index (χ2v) is 10.0. The fourth-order valence-electron chi connectivity index (χ4n) is 5.85. The van der Waals surface area contributed by atoms with Crippen LogP contribution in [0, 0.1) is 29.4 Å². The van der Waals surface area contributed by atoms with Crippen LogP contribution in [0.2, 0.25) is 0 Å². The second-order valence-electron chi connectivity index (χ2n) is 10.0. The summed E-state index contributed by atoms with van der Waals surface area (Å²) in [5.74, 6) is 0.471. The van der Waals surface area contributed by atoms with Gasteiger partial charge in [-0.05, 0) is 80.8 Å². The Kier molecular flexibility index (Phi) is 8.09. The normalized spacial score (nSPS) is 30.9. The lowest BCUT2D eigenvalue weighted by Crippen LogP contribution is -2.34. The zero-order valence-electron chi connectivity index (χ0n) is 19.7. The topological polar surface area (TPSA) is 34.0 Å². The minimum absolute atomic E-state index is 0.0805. The quantitative estimate of drug-likeness (QED) is 0.442. The van der Waals surface area contributed by atoms with Crippen molar-refractivity contribution in [3.8, 4) is 0 Å². The van der Waals surface area contributed by atoms with E-state index in [1.54, 1.807) is 12.1 Å². The van der Waals surface area contributed by atoms with E-state index in [4.69, 9.17) is 4.74 Å². The number of ether oxygens (including phenoxy) is 1. The molecule has 176 valence electrons. The van der Waals surface area contributed by atoms with Crippen molar-refractivity contribution in [3.05, 3.63) is 34.9 Å². The summed E-state index contributed by atoms with van der Waals surface area (Å²) in [6, 6.07) is 3.44. The van der Waals surface area contributed by atoms with Crippen molar-refractivity contribution < 1.29 is 13.5 Å². The number of amidine groups is 1. The Morgan fingerprint density at radius 2 is 1.72 bits per heavy atom. The highest BCUT2D eigenvalue weighted by atomic mass is 19.2. The third-order valence-electron chi connectivity index (χ3n) is 7.74. The smallest absolute Gasteiger partial charge is 0.170 e. The summed E-state index contributed by atoms with van der Waals surface area (Å²) < 4.78 is 36.2. The zero-order chi connectivity index (χ0) is 22.5. The molecule has 0 amide bonds. The van der Waals surface area contributed by atoms with Gasteiger partial charge in [0.1, 0.15) is 0 Å². The lowest BCUT2D eigenvalue weighted by atomic mass is 9.74. The minimum Gasteiger partial charge on any atom is -0.378 e. The van der Waals surface area contributed by atoms with E-state index in [-0.39, 0.29) is 11.5 Å². The van der Waals surface area contributed by atoms with Gasteiger partial charge in [0.15, 0.2) is 17.5 Å². The van der Waals surface area contributed by atoms with Crippen LogP contribution in [-0.4, -0.2) is 31.3 Å². The van der Waals surface area contributed by atoms with Gasteiger partial charge >= 0.3 is 0 Å². The van der Waals surface area contributed by atoms with Gasteiger partial charge in [0.05, 0.1) is 11.7 Å². The third-order valence-corrected chi connectivity index (χ3v) is 7.74. The molecule has 0 radical (unpaired) electrons. The van der Waals surface area contributed by atoms with Gasteiger partial charge in [-0.1, -0.05) is 32.8 Å². The van der Waals surface area contributed by atoms with Crippen molar-refractivity contribution in [2.24, 2.45) is 27.7 Å². The van der Waals surface area contributed by atoms with Crippen LogP contribution in [0.15, 0.2) is 22.1 Å². The minimum atomic E-state index is -0.799. The van der Waals surface area contributed by atoms with E-state index >= 15 is 4.39 Å². The molecule has 1 aliphatic carbocycles. The number of halogens is 2. The van der Waals surface area contributed by atoms with E-state index in [9.17, 15) is 4.39 Å². The molecule has 0 bridgehead atoms. The molecular formula is C27H38F2N2O. The number of aliphatic imine (C=N–C) groups is 2. The Labute approximate surface area is 191 Å². The van der Waals surface area contributed by atoms with E-state index < -0.39 is 11.6 Å². The predicted molar refractivity (Wildman–Crippen MR) is 127 cm³/mol. The van der Waals surface area contributed by atoms with Crippen LogP contribution in [0.4, 0.5) is 8.78 Å². The first kappa shape index (κ1) is 23.5. The van der Waals surface area contributed by atoms with Crippen LogP contribution in [-0.2, 0) is 4.74 Å². The molecule has 2 heterocycles. The fraction of sp³-hybridized carbons (Fsp3) is 0.704. The standard InChI is InChI=1S/C27H38F2N2O/c1-3-5-18-7-14-24(32-17-18)21-10-8-20(9-11-21)22-12-13-23(26(29)25(22)28)27-30-15-19(6-4-2)16-31-27/h12-13,15,18-21,24H,3-11,14,16-17H2,1-2H3. The summed E-state index contributed by atoms with van der Waals surface area (Å²) in [4.78, 5) is 8.75. The Morgan fingerprint density at radius 3 is 2.34 bits per heavy atom. The summed E-state index contributed by atoms with van der Waals surface area (Å²) in [6.45, 7) is 5.85. The average molecular weight is 445 g/mol. The van der Waals surface area contributed by atoms with Crippen molar-refractivity contribution in [2.45, 2.75) is 90.1 Å². The molecule has 3 atom stereocenters. The van der Waals surface area contributed by atoms with Crippen LogP contribution >= 0.6 is 0 Å². The first-order valence-electron chi connectivity index (χ1n) is 12.8.